The molecule has 3 atom stereocenters. The first-order valence-electron chi connectivity index (χ1n) is 7.66. The summed E-state index contributed by atoms with van der Waals surface area (Å²) in [6, 6.07) is 1.96. The first kappa shape index (κ1) is 15.5. The molecule has 0 aromatic carbocycles. The van der Waals surface area contributed by atoms with E-state index in [0.717, 1.165) is 35.5 Å². The van der Waals surface area contributed by atoms with Crippen molar-refractivity contribution in [2.45, 2.75) is 37.0 Å². The second-order valence-corrected chi connectivity index (χ2v) is 8.31. The number of ether oxygens (including phenoxy) is 1. The van der Waals surface area contributed by atoms with Crippen LogP contribution in [0.25, 0.3) is 0 Å². The molecule has 23 heavy (non-hydrogen) atoms. The Morgan fingerprint density at radius 3 is 3.13 bits per heavy atom. The van der Waals surface area contributed by atoms with Gasteiger partial charge in [-0.25, -0.2) is 0 Å². The molecule has 0 aliphatic carbocycles. The van der Waals surface area contributed by atoms with E-state index >= 15 is 0 Å². The third-order valence-electron chi connectivity index (χ3n) is 4.76. The fourth-order valence-corrected chi connectivity index (χ4v) is 5.08. The van der Waals surface area contributed by atoms with Crippen molar-refractivity contribution in [1.82, 2.24) is 20.3 Å². The highest BCUT2D eigenvalue weighted by molar-refractivity contribution is 7.16. The van der Waals surface area contributed by atoms with Crippen molar-refractivity contribution in [3.63, 3.8) is 0 Å². The molecule has 0 saturated carbocycles. The lowest BCUT2D eigenvalue weighted by molar-refractivity contribution is -0.155. The highest BCUT2D eigenvalue weighted by atomic mass is 35.5. The van der Waals surface area contributed by atoms with E-state index in [2.05, 4.69) is 15.6 Å². The van der Waals surface area contributed by atoms with E-state index in [1.165, 1.54) is 11.3 Å². The summed E-state index contributed by atoms with van der Waals surface area (Å²) < 4.78 is 8.62. The monoisotopic (exact) mass is 354 g/mol. The highest BCUT2D eigenvalue weighted by Gasteiger charge is 2.49. The topological polar surface area (TPSA) is 72.2 Å². The molecular weight excluding hydrogens is 336 g/mol. The fraction of sp³-hybridized carbons (Fsp3) is 0.600. The standard InChI is InChI=1S/C15H19ClN4O2S/c1-14(21)8-22-15(13-9(14)5-12(16)23-13)3-4-17-10(6-15)11-7-20(2)19-18-11/h5,7,10,17,21H,3-4,6,8H2,1-2H3/t10-,14+,15-/m0/s1. The number of thiophene rings is 1. The second kappa shape index (κ2) is 5.26. The fourth-order valence-electron chi connectivity index (χ4n) is 3.55. The van der Waals surface area contributed by atoms with Crippen molar-refractivity contribution in [3.05, 3.63) is 32.7 Å². The number of aromatic nitrogens is 3. The van der Waals surface area contributed by atoms with E-state index in [0.29, 0.717) is 4.34 Å². The van der Waals surface area contributed by atoms with Gasteiger partial charge in [0.25, 0.3) is 0 Å². The van der Waals surface area contributed by atoms with Gasteiger partial charge in [-0.2, -0.15) is 0 Å². The lowest BCUT2D eigenvalue weighted by Crippen LogP contribution is -2.49. The smallest absolute Gasteiger partial charge is 0.111 e. The van der Waals surface area contributed by atoms with E-state index in [4.69, 9.17) is 16.3 Å². The molecule has 2 aliphatic heterocycles. The van der Waals surface area contributed by atoms with Crippen LogP contribution in [0.5, 0.6) is 0 Å². The molecule has 1 fully saturated rings. The van der Waals surface area contributed by atoms with Crippen LogP contribution in [-0.4, -0.2) is 33.3 Å². The van der Waals surface area contributed by atoms with Crippen LogP contribution in [0.15, 0.2) is 12.3 Å². The highest BCUT2D eigenvalue weighted by Crippen LogP contribution is 2.52. The minimum Gasteiger partial charge on any atom is -0.383 e. The molecule has 0 unspecified atom stereocenters. The molecule has 2 aromatic heterocycles. The van der Waals surface area contributed by atoms with Crippen LogP contribution in [0, 0.1) is 0 Å². The Kier molecular flexibility index (Phi) is 3.55. The minimum atomic E-state index is -0.989. The molecule has 0 radical (unpaired) electrons. The normalized spacial score (nSPS) is 33.8. The molecule has 0 bridgehead atoms. The largest absolute Gasteiger partial charge is 0.383 e. The number of nitrogens with zero attached hydrogens (tertiary/aromatic N) is 3. The van der Waals surface area contributed by atoms with Crippen LogP contribution in [-0.2, 0) is 23.0 Å². The number of aryl methyl sites for hydroxylation is 1. The summed E-state index contributed by atoms with van der Waals surface area (Å²) in [7, 11) is 1.86. The maximum atomic E-state index is 10.6. The number of fused-ring (bicyclic) bond motifs is 2. The summed E-state index contributed by atoms with van der Waals surface area (Å²) in [5.41, 5.74) is 0.412. The number of halogens is 1. The molecule has 2 aliphatic rings. The van der Waals surface area contributed by atoms with Crippen molar-refractivity contribution in [2.24, 2.45) is 7.05 Å². The van der Waals surface area contributed by atoms with Crippen LogP contribution in [0.2, 0.25) is 4.34 Å². The van der Waals surface area contributed by atoms with Gasteiger partial charge in [-0.05, 0) is 26.0 Å². The first-order chi connectivity index (χ1) is 10.9. The van der Waals surface area contributed by atoms with E-state index in [-0.39, 0.29) is 12.6 Å². The average Bonchev–Trinajstić information content (AvgIpc) is 3.11. The van der Waals surface area contributed by atoms with Gasteiger partial charge in [-0.1, -0.05) is 16.8 Å². The van der Waals surface area contributed by atoms with Crippen LogP contribution in [0.4, 0.5) is 0 Å². The molecule has 2 aromatic rings. The number of hydrogen-bond donors (Lipinski definition) is 2. The lowest BCUT2D eigenvalue weighted by Gasteiger charge is -2.46. The van der Waals surface area contributed by atoms with Gasteiger partial charge in [0.05, 0.1) is 22.7 Å². The van der Waals surface area contributed by atoms with Gasteiger partial charge in [-0.3, -0.25) is 4.68 Å². The minimum absolute atomic E-state index is 0.0780. The number of piperidine rings is 1. The predicted molar refractivity (Wildman–Crippen MR) is 87.5 cm³/mol. The van der Waals surface area contributed by atoms with Crippen molar-refractivity contribution < 1.29 is 9.84 Å². The summed E-state index contributed by atoms with van der Waals surface area (Å²) >= 11 is 7.76. The zero-order valence-electron chi connectivity index (χ0n) is 13.0. The molecule has 4 heterocycles. The van der Waals surface area contributed by atoms with Crippen LogP contribution in [0.1, 0.15) is 41.9 Å². The number of aliphatic hydroxyl groups is 1. The van der Waals surface area contributed by atoms with Crippen molar-refractivity contribution >= 4 is 22.9 Å². The Labute approximate surface area is 143 Å². The molecule has 124 valence electrons. The van der Waals surface area contributed by atoms with Gasteiger partial charge in [0.15, 0.2) is 0 Å². The molecule has 6 nitrogen and oxygen atoms in total. The molecular formula is C15H19ClN4O2S. The van der Waals surface area contributed by atoms with E-state index in [1.54, 1.807) is 11.6 Å². The Balaban J connectivity index is 1.73. The number of nitrogens with one attached hydrogen (secondary N) is 1. The van der Waals surface area contributed by atoms with Crippen LogP contribution in [0.3, 0.4) is 0 Å². The van der Waals surface area contributed by atoms with E-state index in [1.807, 2.05) is 19.3 Å². The SMILES string of the molecule is Cn1cc([C@@H]2C[C@]3(CCN2)OC[C@@](C)(O)c2cc(Cl)sc23)nn1. The number of hydrogen-bond acceptors (Lipinski definition) is 6. The maximum Gasteiger partial charge on any atom is 0.111 e. The number of rotatable bonds is 1. The summed E-state index contributed by atoms with van der Waals surface area (Å²) in [4.78, 5) is 1.05. The zero-order chi connectivity index (χ0) is 16.2. The molecule has 2 N–H and O–H groups in total. The first-order valence-corrected chi connectivity index (χ1v) is 8.85. The summed E-state index contributed by atoms with van der Waals surface area (Å²) in [5, 5.41) is 22.4. The zero-order valence-corrected chi connectivity index (χ0v) is 14.6. The van der Waals surface area contributed by atoms with Gasteiger partial charge in [0, 0.05) is 30.1 Å². The van der Waals surface area contributed by atoms with Crippen LogP contribution < -0.4 is 5.32 Å². The van der Waals surface area contributed by atoms with Crippen molar-refractivity contribution in [1.29, 1.82) is 0 Å². The summed E-state index contributed by atoms with van der Waals surface area (Å²) in [5.74, 6) is 0. The maximum absolute atomic E-state index is 10.6. The second-order valence-electron chi connectivity index (χ2n) is 6.63. The molecule has 8 heteroatoms. The molecule has 1 saturated heterocycles. The molecule has 0 amide bonds. The van der Waals surface area contributed by atoms with Gasteiger partial charge in [0.1, 0.15) is 11.2 Å². The average molecular weight is 355 g/mol. The summed E-state index contributed by atoms with van der Waals surface area (Å²) in [6.45, 7) is 2.88. The quantitative estimate of drug-likeness (QED) is 0.820. The Bertz CT molecular complexity index is 744. The van der Waals surface area contributed by atoms with Gasteiger partial charge < -0.3 is 15.2 Å². The Hall–Kier alpha value is -0.990. The van der Waals surface area contributed by atoms with Crippen LogP contribution >= 0.6 is 22.9 Å². The summed E-state index contributed by atoms with van der Waals surface area (Å²) in [6.07, 6.45) is 3.54. The predicted octanol–water partition coefficient (Wildman–Crippen LogP) is 2.09. The van der Waals surface area contributed by atoms with Crippen molar-refractivity contribution in [3.8, 4) is 0 Å². The van der Waals surface area contributed by atoms with Gasteiger partial charge in [0.2, 0.25) is 0 Å². The Morgan fingerprint density at radius 1 is 1.57 bits per heavy atom. The third-order valence-corrected chi connectivity index (χ3v) is 6.21. The Morgan fingerprint density at radius 2 is 2.39 bits per heavy atom. The third kappa shape index (κ3) is 2.51. The molecule has 4 rings (SSSR count). The van der Waals surface area contributed by atoms with Gasteiger partial charge in [-0.15, -0.1) is 16.4 Å². The van der Waals surface area contributed by atoms with E-state index < -0.39 is 11.2 Å². The lowest BCUT2D eigenvalue weighted by atomic mass is 9.79. The van der Waals surface area contributed by atoms with E-state index in [9.17, 15) is 5.11 Å². The van der Waals surface area contributed by atoms with Crippen molar-refractivity contribution in [2.75, 3.05) is 13.2 Å². The molecule has 1 spiro atoms. The van der Waals surface area contributed by atoms with Gasteiger partial charge >= 0.3 is 0 Å².